The number of nitrogens with zero attached hydrogens (tertiary/aromatic N) is 2. The van der Waals surface area contributed by atoms with Gasteiger partial charge in [0.2, 0.25) is 0 Å². The van der Waals surface area contributed by atoms with E-state index in [0.717, 1.165) is 16.7 Å². The monoisotopic (exact) mass is 338 g/mol. The summed E-state index contributed by atoms with van der Waals surface area (Å²) in [6.45, 7) is 5.32. The number of carbonyl (C=O) groups is 4. The minimum atomic E-state index is -0.346. The summed E-state index contributed by atoms with van der Waals surface area (Å²) in [5.41, 5.74) is 3.23. The van der Waals surface area contributed by atoms with Crippen LogP contribution in [0.3, 0.4) is 0 Å². The van der Waals surface area contributed by atoms with Crippen LogP contribution in [0.4, 0.5) is 0 Å². The smallest absolute Gasteiger partial charge is 0.256 e. The molecule has 0 bridgehead atoms. The molecule has 0 fully saturated rings. The Hall–Kier alpha value is -3.02. The molecule has 0 saturated carbocycles. The molecule has 4 amide bonds. The van der Waals surface area contributed by atoms with Crippen LogP contribution in [0.15, 0.2) is 41.5 Å². The van der Waals surface area contributed by atoms with Crippen LogP contribution in [0.2, 0.25) is 0 Å². The van der Waals surface area contributed by atoms with Gasteiger partial charge in [0.15, 0.2) is 0 Å². The lowest BCUT2D eigenvalue weighted by Crippen LogP contribution is -2.33. The summed E-state index contributed by atoms with van der Waals surface area (Å²) in [6.07, 6.45) is 2.64. The van der Waals surface area contributed by atoms with Crippen molar-refractivity contribution >= 4 is 23.6 Å². The van der Waals surface area contributed by atoms with Gasteiger partial charge in [-0.2, -0.15) is 0 Å². The Morgan fingerprint density at radius 2 is 1.28 bits per heavy atom. The number of imide groups is 2. The predicted octanol–water partition coefficient (Wildman–Crippen LogP) is 1.63. The first-order valence-corrected chi connectivity index (χ1v) is 7.95. The van der Waals surface area contributed by atoms with Crippen LogP contribution in [0, 0.1) is 6.92 Å². The molecule has 0 unspecified atom stereocenters. The van der Waals surface area contributed by atoms with Crippen LogP contribution >= 0.6 is 0 Å². The Bertz CT molecular complexity index is 879. The lowest BCUT2D eigenvalue weighted by atomic mass is 10.0. The first kappa shape index (κ1) is 16.8. The minimum absolute atomic E-state index is 0.116. The Morgan fingerprint density at radius 1 is 0.760 bits per heavy atom. The maximum Gasteiger partial charge on any atom is 0.256 e. The quantitative estimate of drug-likeness (QED) is 0.782. The Morgan fingerprint density at radius 3 is 1.76 bits per heavy atom. The maximum atomic E-state index is 12.1. The highest BCUT2D eigenvalue weighted by Crippen LogP contribution is 2.24. The summed E-state index contributed by atoms with van der Waals surface area (Å²) in [6, 6.07) is 5.51. The molecule has 0 saturated heterocycles. The Balaban J connectivity index is 1.89. The van der Waals surface area contributed by atoms with E-state index in [0.29, 0.717) is 11.1 Å². The van der Waals surface area contributed by atoms with E-state index in [-0.39, 0.29) is 36.7 Å². The van der Waals surface area contributed by atoms with Gasteiger partial charge in [-0.15, -0.1) is 0 Å². The predicted molar refractivity (Wildman–Crippen MR) is 89.8 cm³/mol. The number of aryl methyl sites for hydroxylation is 1. The molecule has 0 aromatic heterocycles. The summed E-state index contributed by atoms with van der Waals surface area (Å²) in [5, 5.41) is 0. The maximum absolute atomic E-state index is 12.1. The van der Waals surface area contributed by atoms with Crippen molar-refractivity contribution in [3.8, 4) is 0 Å². The lowest BCUT2D eigenvalue weighted by molar-refractivity contribution is -0.139. The van der Waals surface area contributed by atoms with Gasteiger partial charge < -0.3 is 0 Å². The summed E-state index contributed by atoms with van der Waals surface area (Å²) < 4.78 is 0. The summed E-state index contributed by atoms with van der Waals surface area (Å²) in [4.78, 5) is 50.6. The highest BCUT2D eigenvalue weighted by Gasteiger charge is 2.31. The van der Waals surface area contributed by atoms with Gasteiger partial charge in [-0.25, -0.2) is 0 Å². The number of hydrogen-bond acceptors (Lipinski definition) is 4. The average molecular weight is 338 g/mol. The van der Waals surface area contributed by atoms with Gasteiger partial charge in [0, 0.05) is 23.3 Å². The van der Waals surface area contributed by atoms with Crippen LogP contribution in [0.1, 0.15) is 30.5 Å². The largest absolute Gasteiger partial charge is 0.271 e. The average Bonchev–Trinajstić information content (AvgIpc) is 2.93. The van der Waals surface area contributed by atoms with Gasteiger partial charge in [-0.1, -0.05) is 18.2 Å². The number of carbonyl (C=O) groups excluding carboxylic acids is 4. The molecule has 2 aliphatic rings. The molecule has 0 radical (unpaired) electrons. The van der Waals surface area contributed by atoms with Crippen molar-refractivity contribution in [3.05, 3.63) is 58.2 Å². The highest BCUT2D eigenvalue weighted by molar-refractivity contribution is 6.16. The van der Waals surface area contributed by atoms with Gasteiger partial charge in [-0.3, -0.25) is 29.0 Å². The fourth-order valence-electron chi connectivity index (χ4n) is 3.04. The Kier molecular flexibility index (Phi) is 4.12. The normalized spacial score (nSPS) is 17.6. The zero-order valence-electron chi connectivity index (χ0n) is 14.3. The SMILES string of the molecule is CC1=CC(=O)N(Cc2cccc(C)c2CN2C(=O)C=C(C)C2=O)C1=O. The van der Waals surface area contributed by atoms with E-state index < -0.39 is 0 Å². The standard InChI is InChI=1S/C19H18N2O4/c1-11-5-4-6-14(9-20-16(22)7-12(2)18(20)24)15(11)10-21-17(23)8-13(3)19(21)25/h4-8H,9-10H2,1-3H3. The molecule has 128 valence electrons. The molecule has 0 spiro atoms. The number of hydrogen-bond donors (Lipinski definition) is 0. The van der Waals surface area contributed by atoms with Crippen molar-refractivity contribution in [2.75, 3.05) is 0 Å². The first-order chi connectivity index (χ1) is 11.8. The zero-order chi connectivity index (χ0) is 18.3. The second-order valence-corrected chi connectivity index (χ2v) is 6.33. The van der Waals surface area contributed by atoms with Crippen LogP contribution in [-0.4, -0.2) is 33.4 Å². The van der Waals surface area contributed by atoms with Crippen molar-refractivity contribution in [2.24, 2.45) is 0 Å². The molecular weight excluding hydrogens is 320 g/mol. The fraction of sp³-hybridized carbons (Fsp3) is 0.263. The van der Waals surface area contributed by atoms with E-state index in [1.165, 1.54) is 22.0 Å². The van der Waals surface area contributed by atoms with Crippen molar-refractivity contribution in [1.29, 1.82) is 0 Å². The van der Waals surface area contributed by atoms with Crippen LogP contribution in [0.25, 0.3) is 0 Å². The molecule has 1 aromatic rings. The van der Waals surface area contributed by atoms with E-state index in [2.05, 4.69) is 0 Å². The van der Waals surface area contributed by atoms with Crippen molar-refractivity contribution in [3.63, 3.8) is 0 Å². The molecule has 0 atom stereocenters. The van der Waals surface area contributed by atoms with Crippen LogP contribution in [0.5, 0.6) is 0 Å². The topological polar surface area (TPSA) is 74.8 Å². The molecule has 3 rings (SSSR count). The number of amides is 4. The van der Waals surface area contributed by atoms with Crippen LogP contribution in [-0.2, 0) is 32.3 Å². The van der Waals surface area contributed by atoms with E-state index in [9.17, 15) is 19.2 Å². The van der Waals surface area contributed by atoms with Gasteiger partial charge >= 0.3 is 0 Å². The third-order valence-corrected chi connectivity index (χ3v) is 4.53. The number of rotatable bonds is 4. The fourth-order valence-corrected chi connectivity index (χ4v) is 3.04. The van der Waals surface area contributed by atoms with E-state index in [4.69, 9.17) is 0 Å². The molecule has 2 aliphatic heterocycles. The van der Waals surface area contributed by atoms with Crippen LogP contribution < -0.4 is 0 Å². The highest BCUT2D eigenvalue weighted by atomic mass is 16.2. The second kappa shape index (κ2) is 6.12. The third kappa shape index (κ3) is 2.91. The van der Waals surface area contributed by atoms with E-state index >= 15 is 0 Å². The van der Waals surface area contributed by atoms with Crippen molar-refractivity contribution < 1.29 is 19.2 Å². The van der Waals surface area contributed by atoms with E-state index in [1.54, 1.807) is 13.8 Å². The summed E-state index contributed by atoms with van der Waals surface area (Å²) >= 11 is 0. The lowest BCUT2D eigenvalue weighted by Gasteiger charge is -2.22. The molecule has 25 heavy (non-hydrogen) atoms. The van der Waals surface area contributed by atoms with Gasteiger partial charge in [0.05, 0.1) is 13.1 Å². The molecule has 0 aliphatic carbocycles. The molecule has 1 aromatic carbocycles. The van der Waals surface area contributed by atoms with Gasteiger partial charge in [-0.05, 0) is 37.5 Å². The molecule has 6 nitrogen and oxygen atoms in total. The van der Waals surface area contributed by atoms with Gasteiger partial charge in [0.1, 0.15) is 0 Å². The summed E-state index contributed by atoms with van der Waals surface area (Å²) in [5.74, 6) is -1.32. The minimum Gasteiger partial charge on any atom is -0.271 e. The first-order valence-electron chi connectivity index (χ1n) is 7.95. The number of benzene rings is 1. The second-order valence-electron chi connectivity index (χ2n) is 6.33. The molecule has 2 heterocycles. The molecule has 6 heteroatoms. The van der Waals surface area contributed by atoms with Gasteiger partial charge in [0.25, 0.3) is 23.6 Å². The van der Waals surface area contributed by atoms with E-state index in [1.807, 2.05) is 25.1 Å². The molecular formula is C19H18N2O4. The Labute approximate surface area is 145 Å². The van der Waals surface area contributed by atoms with Crippen molar-refractivity contribution in [2.45, 2.75) is 33.9 Å². The summed E-state index contributed by atoms with van der Waals surface area (Å²) in [7, 11) is 0. The zero-order valence-corrected chi connectivity index (χ0v) is 14.3. The third-order valence-electron chi connectivity index (χ3n) is 4.53. The molecule has 0 N–H and O–H groups in total. The van der Waals surface area contributed by atoms with Crippen molar-refractivity contribution in [1.82, 2.24) is 9.80 Å².